The van der Waals surface area contributed by atoms with Gasteiger partial charge in [0.15, 0.2) is 11.9 Å². The van der Waals surface area contributed by atoms with Crippen LogP contribution in [0.1, 0.15) is 11.9 Å². The van der Waals surface area contributed by atoms with Gasteiger partial charge in [-0.3, -0.25) is 4.79 Å². The molecular formula is C11H13N5O5S. The molecule has 22 heavy (non-hydrogen) atoms. The Morgan fingerprint density at radius 2 is 2.23 bits per heavy atom. The Labute approximate surface area is 128 Å². The van der Waals surface area contributed by atoms with Crippen LogP contribution in [0, 0.1) is 0 Å². The van der Waals surface area contributed by atoms with E-state index in [9.17, 15) is 15.0 Å². The number of aliphatic hydroxyl groups is 3. The molecule has 1 aliphatic heterocycles. The summed E-state index contributed by atoms with van der Waals surface area (Å²) in [6.07, 6.45) is -3.61. The Morgan fingerprint density at radius 1 is 1.50 bits per heavy atom. The van der Waals surface area contributed by atoms with E-state index in [-0.39, 0.29) is 21.7 Å². The van der Waals surface area contributed by atoms with E-state index in [0.29, 0.717) is 0 Å². The van der Waals surface area contributed by atoms with Gasteiger partial charge in [-0.05, 0) is 0 Å². The van der Waals surface area contributed by atoms with Gasteiger partial charge in [0.2, 0.25) is 0 Å². The van der Waals surface area contributed by atoms with Gasteiger partial charge in [0.1, 0.15) is 34.4 Å². The second-order valence-corrected chi connectivity index (χ2v) is 5.26. The highest BCUT2D eigenvalue weighted by Crippen LogP contribution is 2.31. The number of thiocarbonyl (C=S) groups is 1. The lowest BCUT2D eigenvalue weighted by Crippen LogP contribution is -2.33. The number of hydrogen-bond acceptors (Lipinski definition) is 8. The zero-order valence-corrected chi connectivity index (χ0v) is 11.9. The Kier molecular flexibility index (Phi) is 3.66. The lowest BCUT2D eigenvalue weighted by molar-refractivity contribution is -0.0566. The van der Waals surface area contributed by atoms with Crippen molar-refractivity contribution in [1.29, 1.82) is 0 Å². The van der Waals surface area contributed by atoms with Gasteiger partial charge < -0.3 is 30.8 Å². The van der Waals surface area contributed by atoms with E-state index in [4.69, 9.17) is 27.8 Å². The molecule has 0 saturated carbocycles. The molecule has 3 rings (SSSR count). The molecule has 0 aliphatic carbocycles. The van der Waals surface area contributed by atoms with Crippen molar-refractivity contribution in [3.63, 3.8) is 0 Å². The maximum Gasteiger partial charge on any atom is 0.262 e. The second kappa shape index (κ2) is 5.37. The maximum atomic E-state index is 11.9. The van der Waals surface area contributed by atoms with Crippen molar-refractivity contribution in [3.8, 4) is 0 Å². The molecule has 3 heterocycles. The summed E-state index contributed by atoms with van der Waals surface area (Å²) >= 11 is 4.86. The van der Waals surface area contributed by atoms with E-state index in [1.807, 2.05) is 0 Å². The Morgan fingerprint density at radius 3 is 2.82 bits per heavy atom. The average molecular weight is 327 g/mol. The third-order valence-electron chi connectivity index (χ3n) is 3.49. The molecule has 2 aromatic rings. The zero-order valence-electron chi connectivity index (χ0n) is 11.1. The van der Waals surface area contributed by atoms with E-state index in [1.165, 1.54) is 0 Å². The van der Waals surface area contributed by atoms with E-state index >= 15 is 0 Å². The summed E-state index contributed by atoms with van der Waals surface area (Å²) in [5.74, 6) is 0. The molecule has 0 aromatic carbocycles. The lowest BCUT2D eigenvalue weighted by atomic mass is 10.1. The van der Waals surface area contributed by atoms with Gasteiger partial charge in [-0.2, -0.15) is 5.10 Å². The minimum Gasteiger partial charge on any atom is -0.394 e. The summed E-state index contributed by atoms with van der Waals surface area (Å²) in [6.45, 7) is -0.482. The number of H-pyrrole nitrogens is 1. The number of nitrogens with zero attached hydrogens (tertiary/aromatic N) is 3. The summed E-state index contributed by atoms with van der Waals surface area (Å²) in [5, 5.41) is 33.2. The number of fused-ring (bicyclic) bond motifs is 1. The number of aliphatic hydroxyl groups excluding tert-OH is 3. The smallest absolute Gasteiger partial charge is 0.262 e. The minimum absolute atomic E-state index is 0.0390. The molecule has 1 fully saturated rings. The van der Waals surface area contributed by atoms with Crippen LogP contribution in [0.5, 0.6) is 0 Å². The SMILES string of the molecule is NC(=S)c1nn([C@@H]2O[C@H](CO)[C@@H](O)[C@H]2O)c2nc[nH]c(=O)c12. The molecule has 6 N–H and O–H groups in total. The fourth-order valence-corrected chi connectivity index (χ4v) is 2.56. The largest absolute Gasteiger partial charge is 0.394 e. The van der Waals surface area contributed by atoms with Crippen LogP contribution in [0.2, 0.25) is 0 Å². The van der Waals surface area contributed by atoms with Crippen molar-refractivity contribution >= 4 is 28.2 Å². The lowest BCUT2D eigenvalue weighted by Gasteiger charge is -2.15. The van der Waals surface area contributed by atoms with Gasteiger partial charge in [-0.1, -0.05) is 12.2 Å². The molecule has 11 heteroatoms. The van der Waals surface area contributed by atoms with Gasteiger partial charge in [-0.15, -0.1) is 0 Å². The Balaban J connectivity index is 2.18. The normalized spacial score (nSPS) is 28.3. The van der Waals surface area contributed by atoms with Crippen LogP contribution in [0.25, 0.3) is 11.0 Å². The number of aromatic amines is 1. The Hall–Kier alpha value is -1.92. The fraction of sp³-hybridized carbons (Fsp3) is 0.455. The number of rotatable bonds is 3. The topological polar surface area (TPSA) is 160 Å². The summed E-state index contributed by atoms with van der Waals surface area (Å²) in [6, 6.07) is 0. The molecule has 0 spiro atoms. The Bertz CT molecular complexity index is 789. The predicted molar refractivity (Wildman–Crippen MR) is 77.0 cm³/mol. The molecule has 4 atom stereocenters. The minimum atomic E-state index is -1.36. The maximum absolute atomic E-state index is 11.9. The van der Waals surface area contributed by atoms with Crippen LogP contribution < -0.4 is 11.3 Å². The summed E-state index contributed by atoms with van der Waals surface area (Å²) in [4.78, 5) is 18.2. The molecule has 118 valence electrons. The van der Waals surface area contributed by atoms with Gasteiger partial charge in [0.25, 0.3) is 5.56 Å². The monoisotopic (exact) mass is 327 g/mol. The third-order valence-corrected chi connectivity index (χ3v) is 3.68. The first kappa shape index (κ1) is 15.0. The molecule has 0 unspecified atom stereocenters. The number of aromatic nitrogens is 4. The van der Waals surface area contributed by atoms with Crippen LogP contribution in [-0.2, 0) is 4.74 Å². The summed E-state index contributed by atoms with van der Waals surface area (Å²) < 4.78 is 6.50. The number of nitrogens with two attached hydrogens (primary N) is 1. The van der Waals surface area contributed by atoms with Crippen molar-refractivity contribution in [2.24, 2.45) is 5.73 Å². The molecular weight excluding hydrogens is 314 g/mol. The van der Waals surface area contributed by atoms with E-state index in [2.05, 4.69) is 15.1 Å². The average Bonchev–Trinajstić information content (AvgIpc) is 3.00. The first-order valence-electron chi connectivity index (χ1n) is 6.34. The first-order valence-corrected chi connectivity index (χ1v) is 6.74. The number of hydrogen-bond donors (Lipinski definition) is 5. The molecule has 0 amide bonds. The second-order valence-electron chi connectivity index (χ2n) is 4.82. The van der Waals surface area contributed by atoms with E-state index < -0.39 is 36.7 Å². The van der Waals surface area contributed by atoms with Crippen LogP contribution in [0.15, 0.2) is 11.1 Å². The highest BCUT2D eigenvalue weighted by Gasteiger charge is 2.44. The van der Waals surface area contributed by atoms with Crippen LogP contribution in [0.4, 0.5) is 0 Å². The first-order chi connectivity index (χ1) is 10.5. The highest BCUT2D eigenvalue weighted by molar-refractivity contribution is 7.80. The van der Waals surface area contributed by atoms with Crippen molar-refractivity contribution < 1.29 is 20.1 Å². The zero-order chi connectivity index (χ0) is 16.0. The van der Waals surface area contributed by atoms with Crippen LogP contribution >= 0.6 is 12.2 Å². The summed E-state index contributed by atoms with van der Waals surface area (Å²) in [7, 11) is 0. The fourth-order valence-electron chi connectivity index (χ4n) is 2.41. The third kappa shape index (κ3) is 2.10. The molecule has 0 bridgehead atoms. The van der Waals surface area contributed by atoms with Crippen LogP contribution in [0.3, 0.4) is 0 Å². The quantitative estimate of drug-likeness (QED) is 0.380. The summed E-state index contributed by atoms with van der Waals surface area (Å²) in [5.41, 5.74) is 5.20. The molecule has 0 radical (unpaired) electrons. The van der Waals surface area contributed by atoms with Gasteiger partial charge in [0.05, 0.1) is 12.9 Å². The highest BCUT2D eigenvalue weighted by atomic mass is 32.1. The van der Waals surface area contributed by atoms with Crippen molar-refractivity contribution in [2.75, 3.05) is 6.61 Å². The number of ether oxygens (including phenoxy) is 1. The van der Waals surface area contributed by atoms with Crippen molar-refractivity contribution in [1.82, 2.24) is 19.7 Å². The van der Waals surface area contributed by atoms with Crippen molar-refractivity contribution in [3.05, 3.63) is 22.4 Å². The molecule has 1 aliphatic rings. The van der Waals surface area contributed by atoms with Gasteiger partial charge >= 0.3 is 0 Å². The number of nitrogens with one attached hydrogen (secondary N) is 1. The van der Waals surface area contributed by atoms with Gasteiger partial charge in [-0.25, -0.2) is 9.67 Å². The molecule has 1 saturated heterocycles. The molecule has 10 nitrogen and oxygen atoms in total. The van der Waals surface area contributed by atoms with Gasteiger partial charge in [0, 0.05) is 0 Å². The van der Waals surface area contributed by atoms with Crippen LogP contribution in [-0.4, -0.2) is 65.0 Å². The molecule has 2 aromatic heterocycles. The van der Waals surface area contributed by atoms with Crippen molar-refractivity contribution in [2.45, 2.75) is 24.5 Å². The predicted octanol–water partition coefficient (Wildman–Crippen LogP) is -2.63. The van der Waals surface area contributed by atoms with E-state index in [0.717, 1.165) is 11.0 Å². The van der Waals surface area contributed by atoms with E-state index in [1.54, 1.807) is 0 Å². The standard InChI is InChI=1S/C11H13N5O5S/c12-8(22)5-4-9(13-2-14-10(4)20)16(15-5)11-7(19)6(18)3(1-17)21-11/h2-3,6-7,11,17-19H,1H2,(H2,12,22)(H,13,14,20)/t3-,6-,7-,11-/m1/s1.